The maximum Gasteiger partial charge on any atom is 0.306 e. The lowest BCUT2D eigenvalue weighted by Gasteiger charge is -2.10. The van der Waals surface area contributed by atoms with Crippen molar-refractivity contribution in [2.75, 3.05) is 52.7 Å². The number of unbranched alkanes of at least 4 members (excludes halogenated alkanes) is 1. The second kappa shape index (κ2) is 17.7. The molecule has 2 amide bonds. The van der Waals surface area contributed by atoms with Crippen LogP contribution in [0.25, 0.3) is 0 Å². The zero-order valence-corrected chi connectivity index (χ0v) is 16.5. The smallest absolute Gasteiger partial charge is 0.306 e. The van der Waals surface area contributed by atoms with Gasteiger partial charge in [0.05, 0.1) is 25.7 Å². The normalized spacial score (nSPS) is 11.8. The molecule has 0 aliphatic rings. The van der Waals surface area contributed by atoms with Gasteiger partial charge in [-0.3, -0.25) is 14.4 Å². The lowest BCUT2D eigenvalue weighted by Crippen LogP contribution is -2.31. The summed E-state index contributed by atoms with van der Waals surface area (Å²) >= 11 is 0. The number of hydrogen-bond donors (Lipinski definition) is 3. The van der Waals surface area contributed by atoms with Gasteiger partial charge in [0.15, 0.2) is 0 Å². The first-order chi connectivity index (χ1) is 13.0. The molecule has 0 rings (SSSR count). The maximum absolute atomic E-state index is 11.6. The summed E-state index contributed by atoms with van der Waals surface area (Å²) in [7, 11) is 0. The molecule has 0 radical (unpaired) electrons. The lowest BCUT2D eigenvalue weighted by atomic mass is 9.99. The predicted molar refractivity (Wildman–Crippen MR) is 99.4 cm³/mol. The number of carboxylic acids is 1. The summed E-state index contributed by atoms with van der Waals surface area (Å²) < 4.78 is 15.4. The Bertz CT molecular complexity index is 419. The van der Waals surface area contributed by atoms with Crippen LogP contribution >= 0.6 is 0 Å². The van der Waals surface area contributed by atoms with Gasteiger partial charge >= 0.3 is 5.97 Å². The molecule has 3 N–H and O–H groups in total. The molecule has 27 heavy (non-hydrogen) atoms. The molecular weight excluding hydrogens is 356 g/mol. The van der Waals surface area contributed by atoms with Crippen LogP contribution in [0.2, 0.25) is 0 Å². The Balaban J connectivity index is 3.39. The molecule has 0 heterocycles. The van der Waals surface area contributed by atoms with E-state index in [1.54, 1.807) is 0 Å². The van der Waals surface area contributed by atoms with Crippen LogP contribution in [0.3, 0.4) is 0 Å². The molecule has 158 valence electrons. The third kappa shape index (κ3) is 16.2. The van der Waals surface area contributed by atoms with Crippen molar-refractivity contribution in [2.45, 2.75) is 39.5 Å². The molecule has 0 aliphatic carbocycles. The summed E-state index contributed by atoms with van der Waals surface area (Å²) in [6.07, 6.45) is 2.76. The van der Waals surface area contributed by atoms with E-state index in [-0.39, 0.29) is 37.6 Å². The third-order valence-electron chi connectivity index (χ3n) is 3.75. The van der Waals surface area contributed by atoms with E-state index in [4.69, 9.17) is 19.3 Å². The second-order valence-corrected chi connectivity index (χ2v) is 5.94. The number of carbonyl (C=O) groups is 3. The minimum absolute atomic E-state index is 0.0405. The molecule has 0 saturated heterocycles. The van der Waals surface area contributed by atoms with Crippen molar-refractivity contribution in [1.82, 2.24) is 10.6 Å². The average molecular weight is 390 g/mol. The van der Waals surface area contributed by atoms with Crippen LogP contribution in [0.15, 0.2) is 0 Å². The monoisotopic (exact) mass is 390 g/mol. The van der Waals surface area contributed by atoms with Gasteiger partial charge < -0.3 is 30.0 Å². The van der Waals surface area contributed by atoms with E-state index in [9.17, 15) is 14.4 Å². The quantitative estimate of drug-likeness (QED) is 0.292. The maximum atomic E-state index is 11.6. The first-order valence-corrected chi connectivity index (χ1v) is 9.50. The fraction of sp³-hybridized carbons (Fsp3) is 0.833. The number of nitrogens with one attached hydrogen (secondary N) is 2. The van der Waals surface area contributed by atoms with Crippen molar-refractivity contribution >= 4 is 17.8 Å². The highest BCUT2D eigenvalue weighted by Crippen LogP contribution is 2.12. The standard InChI is InChI=1S/C18H34N2O7/c1-3-15(18(23)24)7-5-6-8-19-17(22)14-27-12-11-26-10-9-20-16(21)13-25-4-2/h15H,3-14H2,1-2H3,(H,19,22)(H,20,21)(H,23,24)/t15-/m0/s1. The predicted octanol–water partition coefficient (Wildman–Crippen LogP) is 0.570. The van der Waals surface area contributed by atoms with Crippen LogP contribution in [0, 0.1) is 5.92 Å². The highest BCUT2D eigenvalue weighted by atomic mass is 16.5. The van der Waals surface area contributed by atoms with Gasteiger partial charge in [-0.25, -0.2) is 0 Å². The van der Waals surface area contributed by atoms with E-state index in [0.717, 1.165) is 12.8 Å². The van der Waals surface area contributed by atoms with Crippen molar-refractivity contribution in [1.29, 1.82) is 0 Å². The van der Waals surface area contributed by atoms with Crippen molar-refractivity contribution in [3.05, 3.63) is 0 Å². The van der Waals surface area contributed by atoms with Crippen LogP contribution in [0.1, 0.15) is 39.5 Å². The number of carbonyl (C=O) groups excluding carboxylic acids is 2. The van der Waals surface area contributed by atoms with E-state index < -0.39 is 5.97 Å². The van der Waals surface area contributed by atoms with Gasteiger partial charge in [0, 0.05) is 19.7 Å². The molecule has 0 aromatic heterocycles. The van der Waals surface area contributed by atoms with Crippen LogP contribution in [0.4, 0.5) is 0 Å². The molecular formula is C18H34N2O7. The zero-order chi connectivity index (χ0) is 20.3. The van der Waals surface area contributed by atoms with E-state index >= 15 is 0 Å². The van der Waals surface area contributed by atoms with Crippen molar-refractivity contribution in [3.8, 4) is 0 Å². The van der Waals surface area contributed by atoms with E-state index in [1.165, 1.54) is 0 Å². The SMILES string of the molecule is CCOCC(=O)NCCOCCOCC(=O)NCCCC[C@H](CC)C(=O)O. The number of carboxylic acid groups (broad SMARTS) is 1. The largest absolute Gasteiger partial charge is 0.481 e. The summed E-state index contributed by atoms with van der Waals surface area (Å²) in [6, 6.07) is 0. The third-order valence-corrected chi connectivity index (χ3v) is 3.75. The number of rotatable bonds is 18. The average Bonchev–Trinajstić information content (AvgIpc) is 2.64. The zero-order valence-electron chi connectivity index (χ0n) is 16.5. The van der Waals surface area contributed by atoms with E-state index in [1.807, 2.05) is 13.8 Å². The molecule has 9 nitrogen and oxygen atoms in total. The van der Waals surface area contributed by atoms with Gasteiger partial charge in [0.2, 0.25) is 11.8 Å². The summed E-state index contributed by atoms with van der Waals surface area (Å²) in [5, 5.41) is 14.3. The Morgan fingerprint density at radius 2 is 1.48 bits per heavy atom. The van der Waals surface area contributed by atoms with Gasteiger partial charge in [-0.15, -0.1) is 0 Å². The number of amides is 2. The Morgan fingerprint density at radius 3 is 2.11 bits per heavy atom. The fourth-order valence-electron chi connectivity index (χ4n) is 2.19. The Morgan fingerprint density at radius 1 is 0.852 bits per heavy atom. The first kappa shape index (κ1) is 25.3. The molecule has 0 spiro atoms. The Kier molecular flexibility index (Phi) is 16.6. The first-order valence-electron chi connectivity index (χ1n) is 9.50. The molecule has 0 bridgehead atoms. The summed E-state index contributed by atoms with van der Waals surface area (Å²) in [4.78, 5) is 33.7. The Hall–Kier alpha value is -1.71. The molecule has 0 aliphatic heterocycles. The van der Waals surface area contributed by atoms with E-state index in [0.29, 0.717) is 45.8 Å². The molecule has 0 fully saturated rings. The molecule has 0 saturated carbocycles. The van der Waals surface area contributed by atoms with E-state index in [2.05, 4.69) is 10.6 Å². The lowest BCUT2D eigenvalue weighted by molar-refractivity contribution is -0.142. The Labute approximate surface area is 161 Å². The minimum Gasteiger partial charge on any atom is -0.481 e. The van der Waals surface area contributed by atoms with Gasteiger partial charge in [-0.05, 0) is 26.2 Å². The highest BCUT2D eigenvalue weighted by Gasteiger charge is 2.13. The van der Waals surface area contributed by atoms with Crippen molar-refractivity contribution in [2.24, 2.45) is 5.92 Å². The molecule has 9 heteroatoms. The second-order valence-electron chi connectivity index (χ2n) is 5.94. The molecule has 0 unspecified atom stereocenters. The number of hydrogen-bond acceptors (Lipinski definition) is 6. The summed E-state index contributed by atoms with van der Waals surface area (Å²) in [5.74, 6) is -1.45. The van der Waals surface area contributed by atoms with Crippen LogP contribution in [-0.4, -0.2) is 75.6 Å². The molecule has 0 aromatic carbocycles. The highest BCUT2D eigenvalue weighted by molar-refractivity contribution is 5.77. The van der Waals surface area contributed by atoms with Crippen LogP contribution in [0.5, 0.6) is 0 Å². The van der Waals surface area contributed by atoms with Crippen LogP contribution < -0.4 is 10.6 Å². The van der Waals surface area contributed by atoms with Crippen molar-refractivity contribution in [3.63, 3.8) is 0 Å². The summed E-state index contributed by atoms with van der Waals surface area (Å²) in [6.45, 7) is 6.08. The summed E-state index contributed by atoms with van der Waals surface area (Å²) in [5.41, 5.74) is 0. The molecule has 0 aromatic rings. The van der Waals surface area contributed by atoms with Gasteiger partial charge in [-0.1, -0.05) is 13.3 Å². The number of aliphatic carboxylic acids is 1. The topological polar surface area (TPSA) is 123 Å². The van der Waals surface area contributed by atoms with Gasteiger partial charge in [0.25, 0.3) is 0 Å². The minimum atomic E-state index is -0.759. The van der Waals surface area contributed by atoms with Crippen molar-refractivity contribution < 1.29 is 33.7 Å². The number of ether oxygens (including phenoxy) is 3. The fourth-order valence-corrected chi connectivity index (χ4v) is 2.19. The molecule has 1 atom stereocenters. The van der Waals surface area contributed by atoms with Crippen LogP contribution in [-0.2, 0) is 28.6 Å². The van der Waals surface area contributed by atoms with Gasteiger partial charge in [-0.2, -0.15) is 0 Å². The van der Waals surface area contributed by atoms with Gasteiger partial charge in [0.1, 0.15) is 13.2 Å².